The summed E-state index contributed by atoms with van der Waals surface area (Å²) in [6.07, 6.45) is 0. The van der Waals surface area contributed by atoms with Crippen molar-refractivity contribution in [2.75, 3.05) is 13.7 Å². The zero-order chi connectivity index (χ0) is 10.8. The van der Waals surface area contributed by atoms with Crippen LogP contribution in [0.5, 0.6) is 0 Å². The zero-order valence-corrected chi connectivity index (χ0v) is 10.9. The molecule has 1 rings (SSSR count). The van der Waals surface area contributed by atoms with Crippen LogP contribution < -0.4 is 0 Å². The van der Waals surface area contributed by atoms with Crippen molar-refractivity contribution in [3.63, 3.8) is 0 Å². The van der Waals surface area contributed by atoms with Crippen LogP contribution in [0.25, 0.3) is 0 Å². The highest BCUT2D eigenvalue weighted by atomic mass is 79.9. The summed E-state index contributed by atoms with van der Waals surface area (Å²) in [6, 6.07) is 0. The van der Waals surface area contributed by atoms with Crippen LogP contribution in [0.4, 0.5) is 0 Å². The van der Waals surface area contributed by atoms with Crippen molar-refractivity contribution in [3.05, 3.63) is 15.0 Å². The largest absolute Gasteiger partial charge is 0.382 e. The Bertz CT molecular complexity index is 303. The van der Waals surface area contributed by atoms with Crippen molar-refractivity contribution in [2.24, 2.45) is 5.92 Å². The third-order valence-electron chi connectivity index (χ3n) is 2.24. The number of nitrogens with zero attached hydrogens (tertiary/aromatic N) is 1. The van der Waals surface area contributed by atoms with Gasteiger partial charge in [-0.05, 0) is 21.8 Å². The minimum absolute atomic E-state index is 0.0826. The first kappa shape index (κ1) is 12.1. The van der Waals surface area contributed by atoms with Crippen molar-refractivity contribution in [3.8, 4) is 0 Å². The molecular formula is C9H14BrNO2S. The van der Waals surface area contributed by atoms with Gasteiger partial charge < -0.3 is 9.84 Å². The molecule has 1 heterocycles. The molecule has 0 aliphatic rings. The fourth-order valence-electron chi connectivity index (χ4n) is 1.23. The van der Waals surface area contributed by atoms with Crippen LogP contribution in [0.2, 0.25) is 0 Å². The molecule has 14 heavy (non-hydrogen) atoms. The number of aliphatic hydroxyl groups is 1. The van der Waals surface area contributed by atoms with Gasteiger partial charge in [-0.1, -0.05) is 13.8 Å². The Balaban J connectivity index is 3.05. The van der Waals surface area contributed by atoms with Gasteiger partial charge in [-0.15, -0.1) is 11.3 Å². The molecule has 1 atom stereocenters. The average molecular weight is 280 g/mol. The SMILES string of the molecule is COCC(O)(c1scnc1Br)C(C)C. The number of thiazole rings is 1. The van der Waals surface area contributed by atoms with Gasteiger partial charge in [-0.25, -0.2) is 4.98 Å². The van der Waals surface area contributed by atoms with E-state index >= 15 is 0 Å². The normalized spacial score (nSPS) is 15.9. The topological polar surface area (TPSA) is 42.4 Å². The zero-order valence-electron chi connectivity index (χ0n) is 8.45. The van der Waals surface area contributed by atoms with Gasteiger partial charge in [0.1, 0.15) is 10.2 Å². The van der Waals surface area contributed by atoms with Crippen LogP contribution in [0.1, 0.15) is 18.7 Å². The molecule has 1 aromatic heterocycles. The third kappa shape index (κ3) is 2.16. The molecule has 0 radical (unpaired) electrons. The second-order valence-electron chi connectivity index (χ2n) is 3.48. The van der Waals surface area contributed by atoms with Gasteiger partial charge in [0.2, 0.25) is 0 Å². The van der Waals surface area contributed by atoms with E-state index in [2.05, 4.69) is 20.9 Å². The number of hydrogen-bond acceptors (Lipinski definition) is 4. The van der Waals surface area contributed by atoms with Gasteiger partial charge in [0.15, 0.2) is 0 Å². The van der Waals surface area contributed by atoms with Gasteiger partial charge in [-0.2, -0.15) is 0 Å². The standard InChI is InChI=1S/C9H14BrNO2S/c1-6(2)9(12,4-13-3)7-8(10)11-5-14-7/h5-6,12H,4H2,1-3H3. The molecule has 5 heteroatoms. The molecule has 1 N–H and O–H groups in total. The quantitative estimate of drug-likeness (QED) is 0.920. The highest BCUT2D eigenvalue weighted by Crippen LogP contribution is 2.36. The first-order chi connectivity index (χ1) is 6.52. The van der Waals surface area contributed by atoms with E-state index in [1.807, 2.05) is 13.8 Å². The maximum absolute atomic E-state index is 10.4. The number of hydrogen-bond donors (Lipinski definition) is 1. The highest BCUT2D eigenvalue weighted by molar-refractivity contribution is 9.10. The number of aromatic nitrogens is 1. The fourth-order valence-corrected chi connectivity index (χ4v) is 3.00. The molecular weight excluding hydrogens is 266 g/mol. The lowest BCUT2D eigenvalue weighted by Gasteiger charge is -2.30. The number of halogens is 1. The first-order valence-corrected chi connectivity index (χ1v) is 6.00. The minimum atomic E-state index is -0.950. The predicted molar refractivity (Wildman–Crippen MR) is 60.4 cm³/mol. The molecule has 0 saturated carbocycles. The third-order valence-corrected chi connectivity index (χ3v) is 4.09. The summed E-state index contributed by atoms with van der Waals surface area (Å²) in [6.45, 7) is 4.21. The van der Waals surface area contributed by atoms with Gasteiger partial charge in [0, 0.05) is 7.11 Å². The number of ether oxygens (including phenoxy) is 1. The van der Waals surface area contributed by atoms with Crippen LogP contribution in [-0.4, -0.2) is 23.8 Å². The fraction of sp³-hybridized carbons (Fsp3) is 0.667. The summed E-state index contributed by atoms with van der Waals surface area (Å²) in [4.78, 5) is 4.90. The van der Waals surface area contributed by atoms with E-state index in [1.54, 1.807) is 12.6 Å². The lowest BCUT2D eigenvalue weighted by atomic mass is 9.90. The van der Waals surface area contributed by atoms with Gasteiger partial charge in [-0.3, -0.25) is 0 Å². The van der Waals surface area contributed by atoms with Crippen molar-refractivity contribution < 1.29 is 9.84 Å². The lowest BCUT2D eigenvalue weighted by Crippen LogP contribution is -2.36. The summed E-state index contributed by atoms with van der Waals surface area (Å²) >= 11 is 4.76. The van der Waals surface area contributed by atoms with Gasteiger partial charge in [0.25, 0.3) is 0 Å². The van der Waals surface area contributed by atoms with E-state index in [9.17, 15) is 5.11 Å². The summed E-state index contributed by atoms with van der Waals surface area (Å²) < 4.78 is 5.76. The molecule has 1 aromatic rings. The van der Waals surface area contributed by atoms with E-state index in [1.165, 1.54) is 11.3 Å². The Hall–Kier alpha value is 0.0300. The van der Waals surface area contributed by atoms with E-state index in [0.29, 0.717) is 4.60 Å². The van der Waals surface area contributed by atoms with E-state index < -0.39 is 5.60 Å². The second kappa shape index (κ2) is 4.70. The summed E-state index contributed by atoms with van der Waals surface area (Å²) in [5.74, 6) is 0.0826. The van der Waals surface area contributed by atoms with Crippen molar-refractivity contribution in [1.82, 2.24) is 4.98 Å². The molecule has 3 nitrogen and oxygen atoms in total. The van der Waals surface area contributed by atoms with Crippen LogP contribution in [-0.2, 0) is 10.3 Å². The minimum Gasteiger partial charge on any atom is -0.382 e. The Morgan fingerprint density at radius 3 is 2.71 bits per heavy atom. The molecule has 0 saturated heterocycles. The molecule has 1 unspecified atom stereocenters. The highest BCUT2D eigenvalue weighted by Gasteiger charge is 2.36. The van der Waals surface area contributed by atoms with Crippen LogP contribution in [0.15, 0.2) is 10.1 Å². The monoisotopic (exact) mass is 279 g/mol. The Morgan fingerprint density at radius 1 is 1.71 bits per heavy atom. The number of methoxy groups -OCH3 is 1. The molecule has 0 aromatic carbocycles. The molecule has 0 bridgehead atoms. The Labute approximate surface area is 96.3 Å². The molecule has 0 fully saturated rings. The maximum atomic E-state index is 10.4. The van der Waals surface area contributed by atoms with E-state index in [0.717, 1.165) is 4.88 Å². The van der Waals surface area contributed by atoms with E-state index in [4.69, 9.17) is 4.74 Å². The summed E-state index contributed by atoms with van der Waals surface area (Å²) in [5.41, 5.74) is 0.761. The molecule has 80 valence electrons. The molecule has 0 aliphatic carbocycles. The predicted octanol–water partition coefficient (Wildman–Crippen LogP) is 2.40. The molecule has 0 amide bonds. The van der Waals surface area contributed by atoms with Crippen LogP contribution in [0.3, 0.4) is 0 Å². The van der Waals surface area contributed by atoms with Gasteiger partial charge in [0.05, 0.1) is 17.0 Å². The van der Waals surface area contributed by atoms with Crippen LogP contribution >= 0.6 is 27.3 Å². The van der Waals surface area contributed by atoms with Crippen LogP contribution in [0, 0.1) is 5.92 Å². The Morgan fingerprint density at radius 2 is 2.36 bits per heavy atom. The average Bonchev–Trinajstić information content (AvgIpc) is 2.51. The summed E-state index contributed by atoms with van der Waals surface area (Å²) in [7, 11) is 1.59. The molecule has 0 aliphatic heterocycles. The smallest absolute Gasteiger partial charge is 0.127 e. The first-order valence-electron chi connectivity index (χ1n) is 4.33. The van der Waals surface area contributed by atoms with Crippen molar-refractivity contribution in [2.45, 2.75) is 19.4 Å². The second-order valence-corrected chi connectivity index (χ2v) is 5.09. The Kier molecular flexibility index (Phi) is 4.06. The maximum Gasteiger partial charge on any atom is 0.127 e. The van der Waals surface area contributed by atoms with Crippen molar-refractivity contribution >= 4 is 27.3 Å². The van der Waals surface area contributed by atoms with Gasteiger partial charge >= 0.3 is 0 Å². The van der Waals surface area contributed by atoms with Crippen molar-refractivity contribution in [1.29, 1.82) is 0 Å². The van der Waals surface area contributed by atoms with E-state index in [-0.39, 0.29) is 12.5 Å². The lowest BCUT2D eigenvalue weighted by molar-refractivity contribution is -0.0679. The number of rotatable bonds is 4. The molecule has 0 spiro atoms. The summed E-state index contributed by atoms with van der Waals surface area (Å²) in [5, 5.41) is 10.4.